The van der Waals surface area contributed by atoms with E-state index >= 15 is 0 Å². The van der Waals surface area contributed by atoms with Crippen molar-refractivity contribution >= 4 is 24.2 Å². The number of carbonyl (C=O) groups is 2. The van der Waals surface area contributed by atoms with Crippen LogP contribution in [0.2, 0.25) is 0 Å². The summed E-state index contributed by atoms with van der Waals surface area (Å²) in [4.78, 5) is 23.8. The number of carbonyl (C=O) groups excluding carboxylic acids is 2. The molecule has 5 nitrogen and oxygen atoms in total. The van der Waals surface area contributed by atoms with Crippen molar-refractivity contribution in [2.75, 3.05) is 13.1 Å². The molecule has 0 radical (unpaired) electrons. The van der Waals surface area contributed by atoms with Crippen molar-refractivity contribution in [3.8, 4) is 0 Å². The normalized spacial score (nSPS) is 15.3. The molecule has 1 aliphatic rings. The van der Waals surface area contributed by atoms with E-state index in [2.05, 4.69) is 10.6 Å². The molecule has 0 aromatic heterocycles. The minimum atomic E-state index is -0.906. The van der Waals surface area contributed by atoms with Gasteiger partial charge in [0.05, 0.1) is 11.1 Å². The summed E-state index contributed by atoms with van der Waals surface area (Å²) in [6.45, 7) is 0.665. The van der Waals surface area contributed by atoms with Crippen LogP contribution in [0.1, 0.15) is 48.9 Å². The van der Waals surface area contributed by atoms with E-state index in [1.807, 2.05) is 0 Å². The molecule has 1 saturated carbocycles. The maximum Gasteiger partial charge on any atom is 0.254 e. The molecular weight excluding hydrogens is 352 g/mol. The average molecular weight is 376 g/mol. The third kappa shape index (κ3) is 5.93. The van der Waals surface area contributed by atoms with Gasteiger partial charge in [-0.3, -0.25) is 9.59 Å². The van der Waals surface area contributed by atoms with Crippen LogP contribution in [0, 0.1) is 11.6 Å². The molecule has 0 aliphatic heterocycles. The van der Waals surface area contributed by atoms with Gasteiger partial charge in [0, 0.05) is 25.6 Å². The van der Waals surface area contributed by atoms with E-state index in [4.69, 9.17) is 5.73 Å². The second kappa shape index (κ2) is 9.68. The highest BCUT2D eigenvalue weighted by Crippen LogP contribution is 2.28. The van der Waals surface area contributed by atoms with Gasteiger partial charge in [0.25, 0.3) is 5.91 Å². The second-order valence-corrected chi connectivity index (χ2v) is 6.22. The molecule has 1 aromatic carbocycles. The van der Waals surface area contributed by atoms with Gasteiger partial charge in [0.1, 0.15) is 11.6 Å². The Bertz CT molecular complexity index is 608. The van der Waals surface area contributed by atoms with Crippen LogP contribution in [0.5, 0.6) is 0 Å². The quantitative estimate of drug-likeness (QED) is 0.639. The van der Waals surface area contributed by atoms with Crippen LogP contribution in [0.15, 0.2) is 18.2 Å². The van der Waals surface area contributed by atoms with Gasteiger partial charge in [-0.1, -0.05) is 12.8 Å². The Balaban J connectivity index is 0.00000312. The first-order valence-electron chi connectivity index (χ1n) is 8.20. The van der Waals surface area contributed by atoms with Crippen LogP contribution < -0.4 is 16.4 Å². The first-order chi connectivity index (χ1) is 11.5. The van der Waals surface area contributed by atoms with E-state index in [1.54, 1.807) is 0 Å². The monoisotopic (exact) mass is 375 g/mol. The summed E-state index contributed by atoms with van der Waals surface area (Å²) < 4.78 is 26.3. The number of amides is 2. The van der Waals surface area contributed by atoms with E-state index in [9.17, 15) is 18.4 Å². The van der Waals surface area contributed by atoms with E-state index in [-0.39, 0.29) is 42.4 Å². The summed E-state index contributed by atoms with van der Waals surface area (Å²) in [6, 6.07) is 2.79. The predicted octanol–water partition coefficient (Wildman–Crippen LogP) is 2.28. The van der Waals surface area contributed by atoms with Crippen LogP contribution in [0.25, 0.3) is 0 Å². The molecule has 2 rings (SSSR count). The van der Waals surface area contributed by atoms with E-state index < -0.39 is 17.5 Å². The Kier molecular flexibility index (Phi) is 8.25. The van der Waals surface area contributed by atoms with Crippen LogP contribution in [-0.2, 0) is 4.79 Å². The zero-order valence-electron chi connectivity index (χ0n) is 13.9. The zero-order valence-corrected chi connectivity index (χ0v) is 14.8. The maximum absolute atomic E-state index is 13.5. The lowest BCUT2D eigenvalue weighted by Crippen LogP contribution is -2.51. The van der Waals surface area contributed by atoms with Crippen molar-refractivity contribution in [2.45, 2.75) is 44.1 Å². The van der Waals surface area contributed by atoms with Crippen molar-refractivity contribution in [2.24, 2.45) is 5.73 Å². The Morgan fingerprint density at radius 1 is 1.20 bits per heavy atom. The maximum atomic E-state index is 13.5. The Hall–Kier alpha value is -1.73. The molecule has 0 atom stereocenters. The molecule has 0 unspecified atom stereocenters. The SMILES string of the molecule is Cl.NCC1(NC(=O)CCCNC(=O)c2ccc(F)cc2F)CCCC1. The molecule has 0 heterocycles. The minimum absolute atomic E-state index is 0. The van der Waals surface area contributed by atoms with Crippen molar-refractivity contribution in [1.82, 2.24) is 10.6 Å². The molecule has 1 fully saturated rings. The highest BCUT2D eigenvalue weighted by molar-refractivity contribution is 5.94. The second-order valence-electron chi connectivity index (χ2n) is 6.22. The molecule has 2 amide bonds. The minimum Gasteiger partial charge on any atom is -0.352 e. The fourth-order valence-electron chi connectivity index (χ4n) is 3.01. The number of nitrogens with two attached hydrogens (primary N) is 1. The van der Waals surface area contributed by atoms with Gasteiger partial charge in [-0.2, -0.15) is 0 Å². The molecule has 25 heavy (non-hydrogen) atoms. The summed E-state index contributed by atoms with van der Waals surface area (Å²) in [5.41, 5.74) is 5.27. The Labute approximate surface area is 152 Å². The highest BCUT2D eigenvalue weighted by atomic mass is 35.5. The largest absolute Gasteiger partial charge is 0.352 e. The van der Waals surface area contributed by atoms with Crippen LogP contribution in [0.3, 0.4) is 0 Å². The Morgan fingerprint density at radius 3 is 2.48 bits per heavy atom. The van der Waals surface area contributed by atoms with Crippen molar-refractivity contribution in [3.05, 3.63) is 35.4 Å². The topological polar surface area (TPSA) is 84.2 Å². The van der Waals surface area contributed by atoms with E-state index in [1.165, 1.54) is 0 Å². The lowest BCUT2D eigenvalue weighted by Gasteiger charge is -2.28. The summed E-state index contributed by atoms with van der Waals surface area (Å²) in [5, 5.41) is 5.52. The number of nitrogens with one attached hydrogen (secondary N) is 2. The van der Waals surface area contributed by atoms with Gasteiger partial charge in [-0.25, -0.2) is 8.78 Å². The molecule has 0 bridgehead atoms. The van der Waals surface area contributed by atoms with Crippen LogP contribution in [0.4, 0.5) is 8.78 Å². The summed E-state index contributed by atoms with van der Waals surface area (Å²) in [6.07, 6.45) is 4.62. The molecule has 8 heteroatoms. The molecule has 0 spiro atoms. The molecule has 140 valence electrons. The number of hydrogen-bond donors (Lipinski definition) is 3. The fraction of sp³-hybridized carbons (Fsp3) is 0.529. The number of hydrogen-bond acceptors (Lipinski definition) is 3. The molecule has 1 aliphatic carbocycles. The molecular formula is C17H24ClF2N3O2. The number of benzene rings is 1. The highest BCUT2D eigenvalue weighted by Gasteiger charge is 2.33. The third-order valence-electron chi connectivity index (χ3n) is 4.40. The Morgan fingerprint density at radius 2 is 1.88 bits per heavy atom. The standard InChI is InChI=1S/C17H23F2N3O2.ClH/c18-12-5-6-13(14(19)10-12)16(24)21-9-3-4-15(23)22-17(11-20)7-1-2-8-17;/h5-6,10H,1-4,7-9,11,20H2,(H,21,24)(H,22,23);1H. The van der Waals surface area contributed by atoms with Crippen LogP contribution in [-0.4, -0.2) is 30.4 Å². The fourth-order valence-corrected chi connectivity index (χ4v) is 3.01. The van der Waals surface area contributed by atoms with Gasteiger partial charge in [0.15, 0.2) is 0 Å². The number of halogens is 3. The first kappa shape index (κ1) is 21.3. The molecule has 0 saturated heterocycles. The molecule has 4 N–H and O–H groups in total. The lowest BCUT2D eigenvalue weighted by atomic mass is 9.97. The summed E-state index contributed by atoms with van der Waals surface area (Å²) >= 11 is 0. The van der Waals surface area contributed by atoms with Gasteiger partial charge >= 0.3 is 0 Å². The summed E-state index contributed by atoms with van der Waals surface area (Å²) in [5.74, 6) is -2.36. The van der Waals surface area contributed by atoms with Gasteiger partial charge in [-0.15, -0.1) is 12.4 Å². The summed E-state index contributed by atoms with van der Waals surface area (Å²) in [7, 11) is 0. The smallest absolute Gasteiger partial charge is 0.254 e. The first-order valence-corrected chi connectivity index (χ1v) is 8.20. The predicted molar refractivity (Wildman–Crippen MR) is 93.6 cm³/mol. The van der Waals surface area contributed by atoms with Crippen LogP contribution >= 0.6 is 12.4 Å². The third-order valence-corrected chi connectivity index (χ3v) is 4.40. The average Bonchev–Trinajstić information content (AvgIpc) is 3.00. The zero-order chi connectivity index (χ0) is 17.6. The lowest BCUT2D eigenvalue weighted by molar-refractivity contribution is -0.123. The van der Waals surface area contributed by atoms with Crippen molar-refractivity contribution < 1.29 is 18.4 Å². The van der Waals surface area contributed by atoms with Gasteiger partial charge < -0.3 is 16.4 Å². The van der Waals surface area contributed by atoms with Crippen molar-refractivity contribution in [3.63, 3.8) is 0 Å². The van der Waals surface area contributed by atoms with E-state index in [0.29, 0.717) is 19.0 Å². The molecule has 1 aromatic rings. The van der Waals surface area contributed by atoms with Crippen molar-refractivity contribution in [1.29, 1.82) is 0 Å². The van der Waals surface area contributed by atoms with E-state index in [0.717, 1.165) is 37.8 Å². The number of rotatable bonds is 7. The van der Waals surface area contributed by atoms with Gasteiger partial charge in [0.2, 0.25) is 5.91 Å². The van der Waals surface area contributed by atoms with Gasteiger partial charge in [-0.05, 0) is 31.4 Å².